The van der Waals surface area contributed by atoms with Crippen LogP contribution in [0, 0.1) is 0 Å². The van der Waals surface area contributed by atoms with E-state index in [-0.39, 0.29) is 5.91 Å². The fourth-order valence-corrected chi connectivity index (χ4v) is 1.69. The van der Waals surface area contributed by atoms with Crippen molar-refractivity contribution in [2.24, 2.45) is 0 Å². The van der Waals surface area contributed by atoms with Gasteiger partial charge in [0.2, 0.25) is 5.91 Å². The molecule has 0 saturated carbocycles. The van der Waals surface area contributed by atoms with Crippen LogP contribution >= 0.6 is 0 Å². The first-order valence-corrected chi connectivity index (χ1v) is 6.00. The highest BCUT2D eigenvalue weighted by atomic mass is 16.6. The molecule has 1 aromatic rings. The normalized spacial score (nSPS) is 13.0. The number of rotatable bonds is 4. The maximum atomic E-state index is 11.4. The lowest BCUT2D eigenvalue weighted by Gasteiger charge is -2.19. The number of hydrogen-bond donors (Lipinski definition) is 1. The van der Waals surface area contributed by atoms with Gasteiger partial charge < -0.3 is 19.7 Å². The zero-order valence-corrected chi connectivity index (χ0v) is 10.7. The van der Waals surface area contributed by atoms with Crippen LogP contribution in [0.4, 0.5) is 5.69 Å². The van der Waals surface area contributed by atoms with Crippen molar-refractivity contribution in [2.45, 2.75) is 6.42 Å². The molecule has 0 spiro atoms. The number of fused-ring (bicyclic) bond motifs is 1. The van der Waals surface area contributed by atoms with Crippen LogP contribution in [0.1, 0.15) is 6.42 Å². The van der Waals surface area contributed by atoms with Gasteiger partial charge >= 0.3 is 0 Å². The third-order valence-corrected chi connectivity index (χ3v) is 2.71. The second kappa shape index (κ2) is 5.62. The van der Waals surface area contributed by atoms with E-state index in [4.69, 9.17) is 9.47 Å². The molecule has 0 aliphatic carbocycles. The number of benzene rings is 1. The van der Waals surface area contributed by atoms with Gasteiger partial charge in [-0.3, -0.25) is 4.79 Å². The topological polar surface area (TPSA) is 50.8 Å². The molecule has 1 heterocycles. The van der Waals surface area contributed by atoms with E-state index in [9.17, 15) is 4.79 Å². The number of nitrogens with one attached hydrogen (secondary N) is 1. The monoisotopic (exact) mass is 250 g/mol. The van der Waals surface area contributed by atoms with E-state index in [1.54, 1.807) is 19.0 Å². The van der Waals surface area contributed by atoms with Crippen molar-refractivity contribution < 1.29 is 14.3 Å². The zero-order valence-electron chi connectivity index (χ0n) is 10.7. The molecule has 18 heavy (non-hydrogen) atoms. The fourth-order valence-electron chi connectivity index (χ4n) is 1.69. The van der Waals surface area contributed by atoms with Crippen LogP contribution < -0.4 is 14.8 Å². The molecule has 0 saturated heterocycles. The van der Waals surface area contributed by atoms with Gasteiger partial charge in [0.05, 0.1) is 0 Å². The lowest BCUT2D eigenvalue weighted by Crippen LogP contribution is -2.23. The Morgan fingerprint density at radius 2 is 2.00 bits per heavy atom. The van der Waals surface area contributed by atoms with Gasteiger partial charge in [0.25, 0.3) is 0 Å². The number of ether oxygens (including phenoxy) is 2. The molecular formula is C13H18N2O3. The summed E-state index contributed by atoms with van der Waals surface area (Å²) in [5, 5.41) is 3.20. The molecule has 2 rings (SSSR count). The molecule has 1 N–H and O–H groups in total. The van der Waals surface area contributed by atoms with Gasteiger partial charge in [-0.15, -0.1) is 0 Å². The van der Waals surface area contributed by atoms with Gasteiger partial charge in [-0.1, -0.05) is 0 Å². The molecule has 0 radical (unpaired) electrons. The van der Waals surface area contributed by atoms with E-state index in [2.05, 4.69) is 5.32 Å². The lowest BCUT2D eigenvalue weighted by atomic mass is 10.2. The van der Waals surface area contributed by atoms with Crippen molar-refractivity contribution in [3.63, 3.8) is 0 Å². The van der Waals surface area contributed by atoms with Crippen molar-refractivity contribution in [1.29, 1.82) is 0 Å². The van der Waals surface area contributed by atoms with Crippen LogP contribution in [0.15, 0.2) is 18.2 Å². The summed E-state index contributed by atoms with van der Waals surface area (Å²) >= 11 is 0. The Hall–Kier alpha value is -1.91. The van der Waals surface area contributed by atoms with E-state index in [0.29, 0.717) is 26.2 Å². The van der Waals surface area contributed by atoms with Gasteiger partial charge in [0.1, 0.15) is 13.2 Å². The predicted octanol–water partition coefficient (Wildman–Crippen LogP) is 1.35. The summed E-state index contributed by atoms with van der Waals surface area (Å²) in [6.07, 6.45) is 0.474. The summed E-state index contributed by atoms with van der Waals surface area (Å²) < 4.78 is 10.9. The predicted molar refractivity (Wildman–Crippen MR) is 69.2 cm³/mol. The van der Waals surface area contributed by atoms with E-state index in [1.165, 1.54) is 0 Å². The average Bonchev–Trinajstić information content (AvgIpc) is 2.38. The average molecular weight is 250 g/mol. The van der Waals surface area contributed by atoms with Gasteiger partial charge in [-0.05, 0) is 12.1 Å². The zero-order chi connectivity index (χ0) is 13.0. The summed E-state index contributed by atoms with van der Waals surface area (Å²) in [4.78, 5) is 13.0. The third-order valence-electron chi connectivity index (χ3n) is 2.71. The summed E-state index contributed by atoms with van der Waals surface area (Å²) in [7, 11) is 3.51. The molecule has 0 unspecified atom stereocenters. The second-order valence-electron chi connectivity index (χ2n) is 4.32. The quantitative estimate of drug-likeness (QED) is 0.876. The first kappa shape index (κ1) is 12.5. The minimum absolute atomic E-state index is 0.111. The van der Waals surface area contributed by atoms with Crippen molar-refractivity contribution >= 4 is 11.6 Å². The van der Waals surface area contributed by atoms with Crippen LogP contribution in [-0.4, -0.2) is 44.7 Å². The number of carbonyl (C=O) groups excluding carboxylic acids is 1. The van der Waals surface area contributed by atoms with Crippen LogP contribution in [-0.2, 0) is 4.79 Å². The highest BCUT2D eigenvalue weighted by Gasteiger charge is 2.11. The molecule has 1 aromatic carbocycles. The van der Waals surface area contributed by atoms with E-state index in [0.717, 1.165) is 17.2 Å². The first-order valence-electron chi connectivity index (χ1n) is 6.00. The molecule has 5 heteroatoms. The Kier molecular flexibility index (Phi) is 3.92. The molecular weight excluding hydrogens is 232 g/mol. The molecule has 0 bridgehead atoms. The Bertz CT molecular complexity index is 432. The number of amides is 1. The molecule has 0 fully saturated rings. The van der Waals surface area contributed by atoms with Crippen LogP contribution in [0.2, 0.25) is 0 Å². The largest absolute Gasteiger partial charge is 0.486 e. The Balaban J connectivity index is 1.88. The van der Waals surface area contributed by atoms with Crippen molar-refractivity contribution in [1.82, 2.24) is 4.90 Å². The van der Waals surface area contributed by atoms with Gasteiger partial charge in [-0.25, -0.2) is 0 Å². The molecule has 1 amide bonds. The molecule has 1 aliphatic heterocycles. The highest BCUT2D eigenvalue weighted by Crippen LogP contribution is 2.32. The SMILES string of the molecule is CN(C)C(=O)CCNc1ccc2c(c1)OCCO2. The minimum atomic E-state index is 0.111. The van der Waals surface area contributed by atoms with E-state index < -0.39 is 0 Å². The van der Waals surface area contributed by atoms with Crippen LogP contribution in [0.5, 0.6) is 11.5 Å². The molecule has 98 valence electrons. The number of nitrogens with zero attached hydrogens (tertiary/aromatic N) is 1. The first-order chi connectivity index (χ1) is 8.66. The summed E-state index contributed by atoms with van der Waals surface area (Å²) in [6.45, 7) is 1.78. The van der Waals surface area contributed by atoms with Crippen molar-refractivity contribution in [2.75, 3.05) is 39.2 Å². The Morgan fingerprint density at radius 3 is 2.72 bits per heavy atom. The minimum Gasteiger partial charge on any atom is -0.486 e. The fraction of sp³-hybridized carbons (Fsp3) is 0.462. The smallest absolute Gasteiger partial charge is 0.223 e. The standard InChI is InChI=1S/C13H18N2O3/c1-15(2)13(16)5-6-14-10-3-4-11-12(9-10)18-8-7-17-11/h3-4,9,14H,5-8H2,1-2H3. The van der Waals surface area contributed by atoms with Gasteiger partial charge in [0, 0.05) is 38.8 Å². The van der Waals surface area contributed by atoms with Crippen LogP contribution in [0.3, 0.4) is 0 Å². The van der Waals surface area contributed by atoms with Gasteiger partial charge in [-0.2, -0.15) is 0 Å². The van der Waals surface area contributed by atoms with E-state index >= 15 is 0 Å². The van der Waals surface area contributed by atoms with Crippen molar-refractivity contribution in [3.05, 3.63) is 18.2 Å². The number of anilines is 1. The number of carbonyl (C=O) groups is 1. The van der Waals surface area contributed by atoms with Crippen LogP contribution in [0.25, 0.3) is 0 Å². The second-order valence-corrected chi connectivity index (χ2v) is 4.32. The Morgan fingerprint density at radius 1 is 1.28 bits per heavy atom. The summed E-state index contributed by atoms with van der Waals surface area (Å²) in [6, 6.07) is 5.70. The molecule has 1 aliphatic rings. The molecule has 5 nitrogen and oxygen atoms in total. The van der Waals surface area contributed by atoms with Crippen molar-refractivity contribution in [3.8, 4) is 11.5 Å². The Labute approximate surface area is 107 Å². The summed E-state index contributed by atoms with van der Waals surface area (Å²) in [5.74, 6) is 1.64. The maximum Gasteiger partial charge on any atom is 0.223 e. The van der Waals surface area contributed by atoms with E-state index in [1.807, 2.05) is 18.2 Å². The molecule has 0 atom stereocenters. The lowest BCUT2D eigenvalue weighted by molar-refractivity contribution is -0.128. The maximum absolute atomic E-state index is 11.4. The number of hydrogen-bond acceptors (Lipinski definition) is 4. The highest BCUT2D eigenvalue weighted by molar-refractivity contribution is 5.76. The summed E-state index contributed by atoms with van der Waals surface area (Å²) in [5.41, 5.74) is 0.936. The third kappa shape index (κ3) is 3.06. The van der Waals surface area contributed by atoms with Gasteiger partial charge in [0.15, 0.2) is 11.5 Å². The molecule has 0 aromatic heterocycles.